The summed E-state index contributed by atoms with van der Waals surface area (Å²) in [5.74, 6) is 0.154. The third-order valence-electron chi connectivity index (χ3n) is 6.33. The van der Waals surface area contributed by atoms with Crippen LogP contribution >= 0.6 is 11.6 Å². The van der Waals surface area contributed by atoms with Crippen molar-refractivity contribution < 1.29 is 14.3 Å². The van der Waals surface area contributed by atoms with Crippen LogP contribution in [0.3, 0.4) is 0 Å². The molecule has 7 heteroatoms. The van der Waals surface area contributed by atoms with Gasteiger partial charge in [0.15, 0.2) is 0 Å². The van der Waals surface area contributed by atoms with Crippen LogP contribution in [-0.2, 0) is 11.3 Å². The van der Waals surface area contributed by atoms with Gasteiger partial charge in [-0.25, -0.2) is 0 Å². The molecule has 1 saturated carbocycles. The van der Waals surface area contributed by atoms with Gasteiger partial charge in [-0.3, -0.25) is 14.6 Å². The third kappa shape index (κ3) is 6.40. The molecule has 1 N–H and O–H groups in total. The van der Waals surface area contributed by atoms with E-state index >= 15 is 0 Å². The number of carbonyl (C=O) groups is 2. The van der Waals surface area contributed by atoms with E-state index in [-0.39, 0.29) is 30.1 Å². The first-order valence-electron chi connectivity index (χ1n) is 12.0. The Kier molecular flexibility index (Phi) is 8.37. The summed E-state index contributed by atoms with van der Waals surface area (Å²) in [7, 11) is 1.60. The number of carbonyl (C=O) groups excluding carboxylic acids is 2. The summed E-state index contributed by atoms with van der Waals surface area (Å²) in [6.45, 7) is 0.206. The van der Waals surface area contributed by atoms with Gasteiger partial charge >= 0.3 is 0 Å². The van der Waals surface area contributed by atoms with Crippen LogP contribution in [0.25, 0.3) is 0 Å². The minimum atomic E-state index is -0.852. The molecule has 1 aromatic heterocycles. The fraction of sp³-hybridized carbons (Fsp3) is 0.321. The van der Waals surface area contributed by atoms with Crippen molar-refractivity contribution in [3.63, 3.8) is 0 Å². The highest BCUT2D eigenvalue weighted by molar-refractivity contribution is 6.30. The molecule has 6 nitrogen and oxygen atoms in total. The Hall–Kier alpha value is -3.38. The van der Waals surface area contributed by atoms with Gasteiger partial charge in [0.05, 0.1) is 7.11 Å². The Labute approximate surface area is 211 Å². The van der Waals surface area contributed by atoms with Crippen LogP contribution < -0.4 is 10.1 Å². The number of nitrogens with one attached hydrogen (secondary N) is 1. The number of benzene rings is 2. The van der Waals surface area contributed by atoms with E-state index in [1.54, 1.807) is 60.7 Å². The number of halogens is 1. The molecule has 0 spiro atoms. The zero-order valence-electron chi connectivity index (χ0n) is 19.8. The standard InChI is InChI=1S/C28H30ClN3O3/c1-35-24-11-7-8-20(18-24)19-32(28(34)25-12-5-6-17-30-25)26(21-13-15-22(29)16-14-21)27(33)31-23-9-3-2-4-10-23/h5-8,11-18,23,26H,2-4,9-10,19H2,1H3,(H,31,33). The predicted octanol–water partition coefficient (Wildman–Crippen LogP) is 5.58. The van der Waals surface area contributed by atoms with Gasteiger partial charge in [-0.1, -0.05) is 61.2 Å². The monoisotopic (exact) mass is 491 g/mol. The summed E-state index contributed by atoms with van der Waals surface area (Å²) in [5.41, 5.74) is 1.81. The van der Waals surface area contributed by atoms with Crippen LogP contribution in [0.1, 0.15) is 59.8 Å². The first-order chi connectivity index (χ1) is 17.0. The topological polar surface area (TPSA) is 71.5 Å². The van der Waals surface area contributed by atoms with E-state index in [0.717, 1.165) is 31.2 Å². The van der Waals surface area contributed by atoms with Gasteiger partial charge in [-0.2, -0.15) is 0 Å². The molecule has 1 aliphatic rings. The summed E-state index contributed by atoms with van der Waals surface area (Å²) < 4.78 is 5.38. The number of rotatable bonds is 8. The van der Waals surface area contributed by atoms with E-state index in [1.807, 2.05) is 24.3 Å². The lowest BCUT2D eigenvalue weighted by molar-refractivity contribution is -0.127. The Morgan fingerprint density at radius 2 is 1.83 bits per heavy atom. The molecule has 0 radical (unpaired) electrons. The van der Waals surface area contributed by atoms with E-state index in [9.17, 15) is 9.59 Å². The van der Waals surface area contributed by atoms with Crippen LogP contribution in [-0.4, -0.2) is 34.8 Å². The second kappa shape index (κ2) is 11.8. The quantitative estimate of drug-likeness (QED) is 0.446. The van der Waals surface area contributed by atoms with Gasteiger partial charge in [-0.15, -0.1) is 0 Å². The predicted molar refractivity (Wildman–Crippen MR) is 136 cm³/mol. The minimum absolute atomic E-state index is 0.106. The Morgan fingerprint density at radius 1 is 1.06 bits per heavy atom. The minimum Gasteiger partial charge on any atom is -0.497 e. The van der Waals surface area contributed by atoms with Crippen LogP contribution in [0.2, 0.25) is 5.02 Å². The summed E-state index contributed by atoms with van der Waals surface area (Å²) >= 11 is 6.15. The lowest BCUT2D eigenvalue weighted by Gasteiger charge is -2.33. The maximum Gasteiger partial charge on any atom is 0.273 e. The molecular formula is C28H30ClN3O3. The summed E-state index contributed by atoms with van der Waals surface area (Å²) in [5, 5.41) is 3.78. The molecule has 0 saturated heterocycles. The molecule has 1 fully saturated rings. The molecular weight excluding hydrogens is 462 g/mol. The number of amides is 2. The number of ether oxygens (including phenoxy) is 1. The fourth-order valence-electron chi connectivity index (χ4n) is 4.53. The van der Waals surface area contributed by atoms with E-state index < -0.39 is 6.04 Å². The van der Waals surface area contributed by atoms with Crippen molar-refractivity contribution in [3.8, 4) is 5.75 Å². The summed E-state index contributed by atoms with van der Waals surface area (Å²) in [6.07, 6.45) is 6.85. The number of hydrogen-bond acceptors (Lipinski definition) is 4. The molecule has 1 aliphatic carbocycles. The molecule has 182 valence electrons. The largest absolute Gasteiger partial charge is 0.497 e. The van der Waals surface area contributed by atoms with Crippen molar-refractivity contribution in [2.45, 2.75) is 50.7 Å². The van der Waals surface area contributed by atoms with Crippen LogP contribution in [0.4, 0.5) is 0 Å². The second-order valence-corrected chi connectivity index (χ2v) is 9.23. The van der Waals surface area contributed by atoms with Gasteiger partial charge in [0, 0.05) is 23.8 Å². The molecule has 4 rings (SSSR count). The normalized spacial score (nSPS) is 14.7. The fourth-order valence-corrected chi connectivity index (χ4v) is 4.66. The van der Waals surface area contributed by atoms with Gasteiger partial charge < -0.3 is 15.0 Å². The van der Waals surface area contributed by atoms with Crippen LogP contribution in [0.5, 0.6) is 5.75 Å². The molecule has 2 amide bonds. The van der Waals surface area contributed by atoms with Gasteiger partial charge in [0.2, 0.25) is 5.91 Å². The number of pyridine rings is 1. The lowest BCUT2D eigenvalue weighted by atomic mass is 9.94. The molecule has 1 atom stereocenters. The molecule has 0 bridgehead atoms. The Balaban J connectivity index is 1.74. The first-order valence-corrected chi connectivity index (χ1v) is 12.3. The maximum absolute atomic E-state index is 13.8. The van der Waals surface area contributed by atoms with Crippen molar-refractivity contribution >= 4 is 23.4 Å². The highest BCUT2D eigenvalue weighted by atomic mass is 35.5. The van der Waals surface area contributed by atoms with E-state index in [2.05, 4.69) is 10.3 Å². The highest BCUT2D eigenvalue weighted by Crippen LogP contribution is 2.28. The zero-order chi connectivity index (χ0) is 24.6. The SMILES string of the molecule is COc1cccc(CN(C(=O)c2ccccn2)C(C(=O)NC2CCCCC2)c2ccc(Cl)cc2)c1. The molecule has 3 aromatic rings. The zero-order valence-corrected chi connectivity index (χ0v) is 20.6. The molecule has 0 aliphatic heterocycles. The molecule has 1 heterocycles. The Morgan fingerprint density at radius 3 is 2.51 bits per heavy atom. The van der Waals surface area contributed by atoms with Crippen LogP contribution in [0, 0.1) is 0 Å². The number of nitrogens with zero attached hydrogens (tertiary/aromatic N) is 2. The Bertz CT molecular complexity index is 1130. The molecule has 35 heavy (non-hydrogen) atoms. The first kappa shape index (κ1) is 24.7. The summed E-state index contributed by atoms with van der Waals surface area (Å²) in [4.78, 5) is 33.5. The highest BCUT2D eigenvalue weighted by Gasteiger charge is 2.34. The maximum atomic E-state index is 13.8. The number of aromatic nitrogens is 1. The summed E-state index contributed by atoms with van der Waals surface area (Å²) in [6, 6.07) is 19.0. The van der Waals surface area contributed by atoms with Crippen molar-refractivity contribution in [1.82, 2.24) is 15.2 Å². The van der Waals surface area contributed by atoms with E-state index in [4.69, 9.17) is 16.3 Å². The number of methoxy groups -OCH3 is 1. The van der Waals surface area contributed by atoms with Crippen molar-refractivity contribution in [2.24, 2.45) is 0 Å². The molecule has 2 aromatic carbocycles. The average Bonchev–Trinajstić information content (AvgIpc) is 2.90. The van der Waals surface area contributed by atoms with E-state index in [1.165, 1.54) is 6.42 Å². The van der Waals surface area contributed by atoms with Crippen LogP contribution in [0.15, 0.2) is 72.9 Å². The smallest absolute Gasteiger partial charge is 0.273 e. The average molecular weight is 492 g/mol. The van der Waals surface area contributed by atoms with Gasteiger partial charge in [0.25, 0.3) is 5.91 Å². The van der Waals surface area contributed by atoms with Crippen molar-refractivity contribution in [1.29, 1.82) is 0 Å². The van der Waals surface area contributed by atoms with Gasteiger partial charge in [0.1, 0.15) is 17.5 Å². The lowest BCUT2D eigenvalue weighted by Crippen LogP contribution is -2.47. The van der Waals surface area contributed by atoms with Gasteiger partial charge in [-0.05, 0) is 60.4 Å². The van der Waals surface area contributed by atoms with Crippen molar-refractivity contribution in [3.05, 3.63) is 94.8 Å². The second-order valence-electron chi connectivity index (χ2n) is 8.80. The number of hydrogen-bond donors (Lipinski definition) is 1. The van der Waals surface area contributed by atoms with Crippen molar-refractivity contribution in [2.75, 3.05) is 7.11 Å². The molecule has 1 unspecified atom stereocenters. The van der Waals surface area contributed by atoms with E-state index in [0.29, 0.717) is 16.3 Å². The third-order valence-corrected chi connectivity index (χ3v) is 6.58.